The van der Waals surface area contributed by atoms with Crippen LogP contribution in [0.5, 0.6) is 5.75 Å². The Morgan fingerprint density at radius 3 is 2.72 bits per heavy atom. The van der Waals surface area contributed by atoms with E-state index in [9.17, 15) is 5.11 Å². The van der Waals surface area contributed by atoms with Gasteiger partial charge in [-0.2, -0.15) is 0 Å². The molecule has 0 unspecified atom stereocenters. The van der Waals surface area contributed by atoms with Gasteiger partial charge in [0.2, 0.25) is 0 Å². The van der Waals surface area contributed by atoms with Crippen LogP contribution in [0.15, 0.2) is 34.9 Å². The van der Waals surface area contributed by atoms with Crippen LogP contribution in [0.3, 0.4) is 0 Å². The van der Waals surface area contributed by atoms with Crippen molar-refractivity contribution in [3.8, 4) is 5.75 Å². The molecule has 0 aliphatic heterocycles. The first-order valence-electron chi connectivity index (χ1n) is 5.72. The van der Waals surface area contributed by atoms with E-state index in [-0.39, 0.29) is 0 Å². The van der Waals surface area contributed by atoms with E-state index < -0.39 is 0 Å². The molecule has 18 heavy (non-hydrogen) atoms. The van der Waals surface area contributed by atoms with E-state index in [2.05, 4.69) is 26.2 Å². The number of hydrogen-bond acceptors (Lipinski definition) is 3. The minimum absolute atomic E-state index is 0.354. The van der Waals surface area contributed by atoms with Crippen LogP contribution < -0.4 is 5.32 Å². The number of aromatic nitrogens is 1. The highest BCUT2D eigenvalue weighted by Gasteiger charge is 2.05. The molecule has 0 spiro atoms. The molecule has 0 aliphatic carbocycles. The molecule has 1 aromatic heterocycles. The Balaban J connectivity index is 2.14. The number of aryl methyl sites for hydroxylation is 2. The van der Waals surface area contributed by atoms with Crippen molar-refractivity contribution in [3.63, 3.8) is 0 Å². The lowest BCUT2D eigenvalue weighted by molar-refractivity contribution is 0.465. The maximum atomic E-state index is 9.93. The average Bonchev–Trinajstić information content (AvgIpc) is 2.33. The molecule has 2 aromatic rings. The van der Waals surface area contributed by atoms with E-state index in [0.717, 1.165) is 27.1 Å². The molecule has 0 saturated carbocycles. The summed E-state index contributed by atoms with van der Waals surface area (Å²) in [5.74, 6) is 0.354. The van der Waals surface area contributed by atoms with Crippen molar-refractivity contribution in [2.24, 2.45) is 0 Å². The smallest absolute Gasteiger partial charge is 0.123 e. The summed E-state index contributed by atoms with van der Waals surface area (Å²) in [6, 6.07) is 9.62. The number of phenols is 1. The molecule has 94 valence electrons. The lowest BCUT2D eigenvalue weighted by Crippen LogP contribution is -2.02. The molecule has 1 aromatic carbocycles. The fourth-order valence-electron chi connectivity index (χ4n) is 1.77. The molecule has 3 nitrogen and oxygen atoms in total. The fourth-order valence-corrected chi connectivity index (χ4v) is 2.17. The molecule has 2 rings (SSSR count). The van der Waals surface area contributed by atoms with Gasteiger partial charge in [-0.05, 0) is 47.5 Å². The Morgan fingerprint density at radius 1 is 1.22 bits per heavy atom. The summed E-state index contributed by atoms with van der Waals surface area (Å²) in [6.45, 7) is 4.42. The lowest BCUT2D eigenvalue weighted by atomic mass is 10.1. The van der Waals surface area contributed by atoms with Gasteiger partial charge in [0.15, 0.2) is 0 Å². The van der Waals surface area contributed by atoms with Crippen molar-refractivity contribution >= 4 is 21.6 Å². The molecule has 0 radical (unpaired) electrons. The van der Waals surface area contributed by atoms with Gasteiger partial charge >= 0.3 is 0 Å². The normalized spacial score (nSPS) is 10.4. The Morgan fingerprint density at radius 2 is 2.00 bits per heavy atom. The maximum Gasteiger partial charge on any atom is 0.123 e. The highest BCUT2D eigenvalue weighted by Crippen LogP contribution is 2.23. The van der Waals surface area contributed by atoms with Crippen molar-refractivity contribution in [3.05, 3.63) is 51.8 Å². The number of halogens is 1. The van der Waals surface area contributed by atoms with Crippen molar-refractivity contribution in [2.45, 2.75) is 20.4 Å². The van der Waals surface area contributed by atoms with Gasteiger partial charge in [-0.1, -0.05) is 18.2 Å². The minimum atomic E-state index is 0.354. The van der Waals surface area contributed by atoms with Crippen LogP contribution in [-0.2, 0) is 6.54 Å². The van der Waals surface area contributed by atoms with E-state index in [1.807, 2.05) is 44.2 Å². The van der Waals surface area contributed by atoms with E-state index in [0.29, 0.717) is 12.3 Å². The second kappa shape index (κ2) is 5.40. The largest absolute Gasteiger partial charge is 0.507 e. The summed E-state index contributed by atoms with van der Waals surface area (Å²) in [5, 5.41) is 13.2. The second-order valence-corrected chi connectivity index (χ2v) is 5.02. The minimum Gasteiger partial charge on any atom is -0.507 e. The quantitative estimate of drug-likeness (QED) is 0.848. The molecule has 0 aliphatic rings. The zero-order valence-electron chi connectivity index (χ0n) is 10.4. The first-order valence-corrected chi connectivity index (χ1v) is 6.51. The predicted molar refractivity (Wildman–Crippen MR) is 76.8 cm³/mol. The lowest BCUT2D eigenvalue weighted by Gasteiger charge is -2.11. The standard InChI is InChI=1S/C14H15BrN2O/c1-9-4-3-5-11(14(9)18)8-16-12-6-7-13(15)17-10(12)2/h3-7,16,18H,8H2,1-2H3. The van der Waals surface area contributed by atoms with E-state index >= 15 is 0 Å². The number of benzene rings is 1. The summed E-state index contributed by atoms with van der Waals surface area (Å²) in [5.41, 5.74) is 3.67. The predicted octanol–water partition coefficient (Wildman–Crippen LogP) is 3.78. The summed E-state index contributed by atoms with van der Waals surface area (Å²) in [6.07, 6.45) is 0. The van der Waals surface area contributed by atoms with Crippen LogP contribution in [-0.4, -0.2) is 10.1 Å². The summed E-state index contributed by atoms with van der Waals surface area (Å²) in [7, 11) is 0. The monoisotopic (exact) mass is 306 g/mol. The van der Waals surface area contributed by atoms with Crippen molar-refractivity contribution in [1.29, 1.82) is 0 Å². The number of anilines is 1. The number of nitrogens with one attached hydrogen (secondary N) is 1. The third-order valence-electron chi connectivity index (χ3n) is 2.84. The van der Waals surface area contributed by atoms with Crippen LogP contribution in [0.4, 0.5) is 5.69 Å². The van der Waals surface area contributed by atoms with Gasteiger partial charge in [0.25, 0.3) is 0 Å². The average molecular weight is 307 g/mol. The van der Waals surface area contributed by atoms with E-state index in [4.69, 9.17) is 0 Å². The zero-order valence-corrected chi connectivity index (χ0v) is 12.0. The third kappa shape index (κ3) is 2.82. The van der Waals surface area contributed by atoms with Crippen LogP contribution in [0.2, 0.25) is 0 Å². The first kappa shape index (κ1) is 12.9. The van der Waals surface area contributed by atoms with Crippen LogP contribution >= 0.6 is 15.9 Å². The van der Waals surface area contributed by atoms with Gasteiger partial charge in [-0.25, -0.2) is 4.98 Å². The zero-order chi connectivity index (χ0) is 13.1. The first-order chi connectivity index (χ1) is 8.58. The topological polar surface area (TPSA) is 45.2 Å². The van der Waals surface area contributed by atoms with E-state index in [1.165, 1.54) is 0 Å². The van der Waals surface area contributed by atoms with Gasteiger partial charge in [0.05, 0.1) is 11.4 Å². The molecule has 0 bridgehead atoms. The van der Waals surface area contributed by atoms with E-state index in [1.54, 1.807) is 0 Å². The number of hydrogen-bond donors (Lipinski definition) is 2. The molecule has 1 heterocycles. The Labute approximate surface area is 115 Å². The highest BCUT2D eigenvalue weighted by molar-refractivity contribution is 9.10. The van der Waals surface area contributed by atoms with Gasteiger partial charge in [-0.15, -0.1) is 0 Å². The molecule has 0 saturated heterocycles. The maximum absolute atomic E-state index is 9.93. The Kier molecular flexibility index (Phi) is 3.87. The highest BCUT2D eigenvalue weighted by atomic mass is 79.9. The van der Waals surface area contributed by atoms with Crippen molar-refractivity contribution < 1.29 is 5.11 Å². The number of aromatic hydroxyl groups is 1. The fraction of sp³-hybridized carbons (Fsp3) is 0.214. The Bertz CT molecular complexity index is 570. The molecule has 0 amide bonds. The molecular weight excluding hydrogens is 292 g/mol. The van der Waals surface area contributed by atoms with Crippen LogP contribution in [0, 0.1) is 13.8 Å². The van der Waals surface area contributed by atoms with Crippen LogP contribution in [0.25, 0.3) is 0 Å². The second-order valence-electron chi connectivity index (χ2n) is 4.20. The van der Waals surface area contributed by atoms with Gasteiger partial charge < -0.3 is 10.4 Å². The molecular formula is C14H15BrN2O. The van der Waals surface area contributed by atoms with Crippen molar-refractivity contribution in [2.75, 3.05) is 5.32 Å². The summed E-state index contributed by atoms with van der Waals surface area (Å²) < 4.78 is 0.823. The third-order valence-corrected chi connectivity index (χ3v) is 3.28. The molecule has 4 heteroatoms. The SMILES string of the molecule is Cc1cccc(CNc2ccc(Br)nc2C)c1O. The molecule has 2 N–H and O–H groups in total. The molecule has 0 atom stereocenters. The number of phenolic OH excluding ortho intramolecular Hbond substituents is 1. The van der Waals surface area contributed by atoms with Crippen molar-refractivity contribution in [1.82, 2.24) is 4.98 Å². The molecule has 0 fully saturated rings. The number of nitrogens with zero attached hydrogens (tertiary/aromatic N) is 1. The van der Waals surface area contributed by atoms with Crippen LogP contribution in [0.1, 0.15) is 16.8 Å². The van der Waals surface area contributed by atoms with Gasteiger partial charge in [-0.3, -0.25) is 0 Å². The summed E-state index contributed by atoms with van der Waals surface area (Å²) in [4.78, 5) is 4.32. The number of pyridine rings is 1. The number of rotatable bonds is 3. The summed E-state index contributed by atoms with van der Waals surface area (Å²) >= 11 is 3.33. The van der Waals surface area contributed by atoms with Gasteiger partial charge in [0, 0.05) is 12.1 Å². The number of para-hydroxylation sites is 1. The Hall–Kier alpha value is -1.55. The van der Waals surface area contributed by atoms with Gasteiger partial charge in [0.1, 0.15) is 10.4 Å².